The number of fused-ring (bicyclic) bond motifs is 1. The number of carbonyl (C=O) groups excluding carboxylic acids is 1. The van der Waals surface area contributed by atoms with Gasteiger partial charge in [-0.25, -0.2) is 0 Å². The summed E-state index contributed by atoms with van der Waals surface area (Å²) in [5.74, 6) is 0.659. The second kappa shape index (κ2) is 5.99. The molecule has 3 aromatic carbocycles. The van der Waals surface area contributed by atoms with Gasteiger partial charge in [-0.2, -0.15) is 0 Å². The van der Waals surface area contributed by atoms with Crippen molar-refractivity contribution in [1.82, 2.24) is 0 Å². The fourth-order valence-corrected chi connectivity index (χ4v) is 2.82. The quantitative estimate of drug-likeness (QED) is 0.602. The van der Waals surface area contributed by atoms with E-state index in [-0.39, 0.29) is 5.78 Å². The Bertz CT molecular complexity index is 872. The lowest BCUT2D eigenvalue weighted by Crippen LogP contribution is -2.02. The molecule has 0 spiro atoms. The average molecular weight is 331 g/mol. The van der Waals surface area contributed by atoms with Crippen molar-refractivity contribution in [1.29, 1.82) is 0 Å². The first kappa shape index (κ1) is 14.9. The molecule has 0 unspecified atom stereocenters. The summed E-state index contributed by atoms with van der Waals surface area (Å²) in [4.78, 5) is 12.6. The summed E-state index contributed by atoms with van der Waals surface area (Å²) >= 11 is 12.0. The lowest BCUT2D eigenvalue weighted by atomic mass is 10.00. The van der Waals surface area contributed by atoms with Crippen molar-refractivity contribution < 1.29 is 9.53 Å². The predicted molar refractivity (Wildman–Crippen MR) is 90.4 cm³/mol. The van der Waals surface area contributed by atoms with Crippen LogP contribution in [0.15, 0.2) is 54.6 Å². The zero-order chi connectivity index (χ0) is 15.7. The highest BCUT2D eigenvalue weighted by molar-refractivity contribution is 6.37. The Kier molecular flexibility index (Phi) is 4.06. The van der Waals surface area contributed by atoms with Crippen LogP contribution in [0.5, 0.6) is 5.75 Å². The van der Waals surface area contributed by atoms with E-state index in [1.807, 2.05) is 30.3 Å². The van der Waals surface area contributed by atoms with E-state index < -0.39 is 0 Å². The Morgan fingerprint density at radius 1 is 0.909 bits per heavy atom. The molecular weight excluding hydrogens is 319 g/mol. The molecule has 2 nitrogen and oxygen atoms in total. The van der Waals surface area contributed by atoms with E-state index >= 15 is 0 Å². The first-order chi connectivity index (χ1) is 10.6. The molecule has 0 fully saturated rings. The molecule has 0 aliphatic heterocycles. The molecule has 22 heavy (non-hydrogen) atoms. The number of benzene rings is 3. The van der Waals surface area contributed by atoms with Gasteiger partial charge in [0.05, 0.1) is 12.1 Å². The van der Waals surface area contributed by atoms with Crippen molar-refractivity contribution in [2.24, 2.45) is 0 Å². The molecule has 0 heterocycles. The van der Waals surface area contributed by atoms with E-state index in [1.165, 1.54) is 0 Å². The van der Waals surface area contributed by atoms with Gasteiger partial charge < -0.3 is 4.74 Å². The van der Waals surface area contributed by atoms with Crippen LogP contribution in [-0.2, 0) is 0 Å². The second-order valence-electron chi connectivity index (χ2n) is 4.88. The van der Waals surface area contributed by atoms with Crippen LogP contribution in [-0.4, -0.2) is 12.9 Å². The fourth-order valence-electron chi connectivity index (χ4n) is 2.32. The Hall–Kier alpha value is -2.03. The third kappa shape index (κ3) is 2.80. The van der Waals surface area contributed by atoms with E-state index in [0.717, 1.165) is 16.5 Å². The van der Waals surface area contributed by atoms with Crippen LogP contribution in [0.3, 0.4) is 0 Å². The third-order valence-electron chi connectivity index (χ3n) is 3.49. The van der Waals surface area contributed by atoms with Crippen LogP contribution in [0.1, 0.15) is 15.9 Å². The molecule has 0 bridgehead atoms. The molecule has 0 radical (unpaired) electrons. The Morgan fingerprint density at radius 3 is 2.36 bits per heavy atom. The van der Waals surface area contributed by atoms with Crippen LogP contribution in [0.25, 0.3) is 10.8 Å². The molecular formula is C18H12Cl2O2. The van der Waals surface area contributed by atoms with E-state index in [1.54, 1.807) is 31.4 Å². The Morgan fingerprint density at radius 2 is 1.64 bits per heavy atom. The topological polar surface area (TPSA) is 26.3 Å². The van der Waals surface area contributed by atoms with Gasteiger partial charge in [-0.15, -0.1) is 0 Å². The molecule has 3 rings (SSSR count). The minimum absolute atomic E-state index is 0.126. The van der Waals surface area contributed by atoms with Crippen LogP contribution in [0, 0.1) is 0 Å². The van der Waals surface area contributed by atoms with Gasteiger partial charge in [0.1, 0.15) is 5.75 Å². The minimum Gasteiger partial charge on any atom is -0.497 e. The summed E-state index contributed by atoms with van der Waals surface area (Å²) in [6.07, 6.45) is 0. The van der Waals surface area contributed by atoms with Gasteiger partial charge in [0, 0.05) is 16.1 Å². The molecule has 3 aromatic rings. The maximum absolute atomic E-state index is 12.6. The highest BCUT2D eigenvalue weighted by Gasteiger charge is 2.13. The number of carbonyl (C=O) groups is 1. The molecule has 0 aliphatic carbocycles. The zero-order valence-corrected chi connectivity index (χ0v) is 13.3. The summed E-state index contributed by atoms with van der Waals surface area (Å²) < 4.78 is 5.20. The molecule has 4 heteroatoms. The van der Waals surface area contributed by atoms with E-state index in [0.29, 0.717) is 21.2 Å². The number of rotatable bonds is 3. The summed E-state index contributed by atoms with van der Waals surface area (Å²) in [5, 5.41) is 2.84. The van der Waals surface area contributed by atoms with Gasteiger partial charge in [-0.3, -0.25) is 4.79 Å². The Balaban J connectivity index is 2.04. The third-order valence-corrected chi connectivity index (χ3v) is 4.03. The zero-order valence-electron chi connectivity index (χ0n) is 11.8. The normalized spacial score (nSPS) is 10.7. The van der Waals surface area contributed by atoms with E-state index in [2.05, 4.69) is 0 Å². The summed E-state index contributed by atoms with van der Waals surface area (Å²) in [6.45, 7) is 0. The molecule has 0 aliphatic rings. The number of methoxy groups -OCH3 is 1. The van der Waals surface area contributed by atoms with E-state index in [9.17, 15) is 4.79 Å². The predicted octanol–water partition coefficient (Wildman–Crippen LogP) is 5.39. The molecule has 110 valence electrons. The minimum atomic E-state index is -0.126. The van der Waals surface area contributed by atoms with Gasteiger partial charge in [-0.1, -0.05) is 41.4 Å². The lowest BCUT2D eigenvalue weighted by molar-refractivity contribution is 0.103. The first-order valence-electron chi connectivity index (χ1n) is 6.66. The number of ether oxygens (including phenoxy) is 1. The SMILES string of the molecule is COc1ccc2cc(C(=O)c3ccc(Cl)cc3Cl)ccc2c1. The molecule has 0 saturated carbocycles. The molecule has 0 saturated heterocycles. The number of hydrogen-bond donors (Lipinski definition) is 0. The average Bonchev–Trinajstić information content (AvgIpc) is 2.53. The first-order valence-corrected chi connectivity index (χ1v) is 7.41. The second-order valence-corrected chi connectivity index (χ2v) is 5.72. The number of halogens is 2. The van der Waals surface area contributed by atoms with Gasteiger partial charge in [0.25, 0.3) is 0 Å². The van der Waals surface area contributed by atoms with Crippen LogP contribution in [0.4, 0.5) is 0 Å². The lowest BCUT2D eigenvalue weighted by Gasteiger charge is -2.07. The summed E-state index contributed by atoms with van der Waals surface area (Å²) in [7, 11) is 1.63. The summed E-state index contributed by atoms with van der Waals surface area (Å²) in [5.41, 5.74) is 1.03. The van der Waals surface area contributed by atoms with Crippen molar-refractivity contribution in [2.45, 2.75) is 0 Å². The van der Waals surface area contributed by atoms with Crippen LogP contribution in [0.2, 0.25) is 10.0 Å². The Labute approximate surface area is 138 Å². The van der Waals surface area contributed by atoms with Crippen molar-refractivity contribution >= 4 is 39.8 Å². The maximum atomic E-state index is 12.6. The molecule has 0 aromatic heterocycles. The van der Waals surface area contributed by atoms with Gasteiger partial charge in [-0.05, 0) is 47.2 Å². The number of hydrogen-bond acceptors (Lipinski definition) is 2. The van der Waals surface area contributed by atoms with Crippen molar-refractivity contribution in [2.75, 3.05) is 7.11 Å². The van der Waals surface area contributed by atoms with Crippen LogP contribution >= 0.6 is 23.2 Å². The van der Waals surface area contributed by atoms with Gasteiger partial charge in [0.2, 0.25) is 0 Å². The van der Waals surface area contributed by atoms with Crippen molar-refractivity contribution in [3.05, 3.63) is 75.8 Å². The monoisotopic (exact) mass is 330 g/mol. The van der Waals surface area contributed by atoms with Gasteiger partial charge in [0.15, 0.2) is 5.78 Å². The molecule has 0 N–H and O–H groups in total. The highest BCUT2D eigenvalue weighted by Crippen LogP contribution is 2.26. The molecule has 0 amide bonds. The van der Waals surface area contributed by atoms with Crippen LogP contribution < -0.4 is 4.74 Å². The highest BCUT2D eigenvalue weighted by atomic mass is 35.5. The van der Waals surface area contributed by atoms with E-state index in [4.69, 9.17) is 27.9 Å². The van der Waals surface area contributed by atoms with Crippen molar-refractivity contribution in [3.63, 3.8) is 0 Å². The van der Waals surface area contributed by atoms with Gasteiger partial charge >= 0.3 is 0 Å². The van der Waals surface area contributed by atoms with Crippen molar-refractivity contribution in [3.8, 4) is 5.75 Å². The number of ketones is 1. The maximum Gasteiger partial charge on any atom is 0.194 e. The summed E-state index contributed by atoms with van der Waals surface area (Å²) in [6, 6.07) is 16.1. The fraction of sp³-hybridized carbons (Fsp3) is 0.0556. The largest absolute Gasteiger partial charge is 0.497 e. The standard InChI is InChI=1S/C18H12Cl2O2/c1-22-15-6-4-11-8-13(3-2-12(11)9-15)18(21)16-7-5-14(19)10-17(16)20/h2-10H,1H3. The molecule has 0 atom stereocenters. The smallest absolute Gasteiger partial charge is 0.194 e.